The summed E-state index contributed by atoms with van der Waals surface area (Å²) in [6.45, 7) is 7.37. The number of hydrazine groups is 1. The first-order valence-corrected chi connectivity index (χ1v) is 14.3. The van der Waals surface area contributed by atoms with Crippen molar-refractivity contribution < 1.29 is 9.59 Å². The molecule has 2 heterocycles. The Labute approximate surface area is 221 Å². The van der Waals surface area contributed by atoms with E-state index in [1.165, 1.54) is 25.7 Å². The summed E-state index contributed by atoms with van der Waals surface area (Å²) in [5.41, 5.74) is 3.85. The molecule has 1 aliphatic carbocycles. The fourth-order valence-electron chi connectivity index (χ4n) is 5.92. The molecule has 2 amide bonds. The third kappa shape index (κ3) is 7.44. The highest BCUT2D eigenvalue weighted by Gasteiger charge is 2.39. The second-order valence-electron chi connectivity index (χ2n) is 11.5. The van der Waals surface area contributed by atoms with Gasteiger partial charge in [0.2, 0.25) is 5.91 Å². The highest BCUT2D eigenvalue weighted by molar-refractivity contribution is 6.30. The molecule has 3 aliphatic rings. The number of carbonyl (C=O) groups is 2. The third-order valence-electron chi connectivity index (χ3n) is 8.45. The number of amides is 2. The number of rotatable bonds is 10. The topological polar surface area (TPSA) is 85.5 Å². The van der Waals surface area contributed by atoms with Crippen LogP contribution in [0.25, 0.3) is 0 Å². The summed E-state index contributed by atoms with van der Waals surface area (Å²) in [6, 6.07) is 7.82. The van der Waals surface area contributed by atoms with Gasteiger partial charge in [-0.15, -0.1) is 0 Å². The summed E-state index contributed by atoms with van der Waals surface area (Å²) >= 11 is 6.05. The number of hydrogen-bond donors (Lipinski definition) is 4. The molecule has 4 N–H and O–H groups in total. The van der Waals surface area contributed by atoms with Crippen LogP contribution in [-0.2, 0) is 16.0 Å². The molecule has 0 spiro atoms. The van der Waals surface area contributed by atoms with Gasteiger partial charge in [0.05, 0.1) is 6.04 Å². The molecular formula is C28H44ClN5O2. The number of carbonyl (C=O) groups excluding carboxylic acids is 2. The van der Waals surface area contributed by atoms with Crippen LogP contribution in [0.2, 0.25) is 5.02 Å². The lowest BCUT2D eigenvalue weighted by Gasteiger charge is -2.36. The monoisotopic (exact) mass is 517 g/mol. The normalized spacial score (nSPS) is 24.5. The molecule has 7 nitrogen and oxygen atoms in total. The zero-order valence-electron chi connectivity index (χ0n) is 22.0. The lowest BCUT2D eigenvalue weighted by atomic mass is 9.70. The minimum Gasteiger partial charge on any atom is -0.351 e. The first-order chi connectivity index (χ1) is 17.3. The first-order valence-electron chi connectivity index (χ1n) is 13.9. The average Bonchev–Trinajstić information content (AvgIpc) is 3.55. The number of halogens is 1. The standard InChI is InChI=1S/C28H44ClN5O2/c1-28(2,21-7-4-3-5-8-21)27(36)32-24-14-16-34(19-24)33-26(35)25(31-18-23-9-6-15-30-23)17-20-10-12-22(29)13-11-20/h10-13,21,23-25,30-31H,3-9,14-19H2,1-2H3,(H,32,36)(H,33,35)/t23-,24+,25-/m1/s1. The first kappa shape index (κ1) is 27.4. The molecular weight excluding hydrogens is 474 g/mol. The summed E-state index contributed by atoms with van der Waals surface area (Å²) in [7, 11) is 0. The summed E-state index contributed by atoms with van der Waals surface area (Å²) in [5, 5.41) is 12.9. The molecule has 1 aromatic carbocycles. The van der Waals surface area contributed by atoms with E-state index >= 15 is 0 Å². The van der Waals surface area contributed by atoms with Gasteiger partial charge < -0.3 is 16.0 Å². The van der Waals surface area contributed by atoms with Crippen molar-refractivity contribution in [1.29, 1.82) is 0 Å². The second kappa shape index (κ2) is 12.7. The molecule has 1 aromatic rings. The summed E-state index contributed by atoms with van der Waals surface area (Å²) in [6.07, 6.45) is 9.78. The van der Waals surface area contributed by atoms with Crippen molar-refractivity contribution in [3.8, 4) is 0 Å². The average molecular weight is 518 g/mol. The quantitative estimate of drug-likeness (QED) is 0.382. The molecule has 4 rings (SSSR count). The van der Waals surface area contributed by atoms with Gasteiger partial charge in [-0.25, -0.2) is 5.01 Å². The van der Waals surface area contributed by atoms with Crippen molar-refractivity contribution in [3.05, 3.63) is 34.9 Å². The van der Waals surface area contributed by atoms with E-state index in [1.54, 1.807) is 0 Å². The Morgan fingerprint density at radius 1 is 1.08 bits per heavy atom. The van der Waals surface area contributed by atoms with Crippen LogP contribution in [0.5, 0.6) is 0 Å². The van der Waals surface area contributed by atoms with E-state index < -0.39 is 0 Å². The van der Waals surface area contributed by atoms with Crippen LogP contribution >= 0.6 is 11.6 Å². The third-order valence-corrected chi connectivity index (χ3v) is 8.70. The number of benzene rings is 1. The van der Waals surface area contributed by atoms with Crippen LogP contribution in [0, 0.1) is 11.3 Å². The van der Waals surface area contributed by atoms with Crippen molar-refractivity contribution >= 4 is 23.4 Å². The molecule has 0 unspecified atom stereocenters. The molecule has 1 saturated carbocycles. The lowest BCUT2D eigenvalue weighted by Crippen LogP contribution is -2.54. The van der Waals surface area contributed by atoms with Crippen molar-refractivity contribution in [2.24, 2.45) is 11.3 Å². The SMILES string of the molecule is CC(C)(C(=O)N[C@H]1CCN(NC(=O)[C@@H](Cc2ccc(Cl)cc2)NC[C@H]2CCCN2)C1)C1CCCCC1. The molecule has 0 radical (unpaired) electrons. The summed E-state index contributed by atoms with van der Waals surface area (Å²) in [5.74, 6) is 0.578. The molecule has 0 aromatic heterocycles. The highest BCUT2D eigenvalue weighted by atomic mass is 35.5. The minimum atomic E-state index is -0.348. The minimum absolute atomic E-state index is 0.0301. The van der Waals surface area contributed by atoms with E-state index in [-0.39, 0.29) is 29.3 Å². The van der Waals surface area contributed by atoms with Gasteiger partial charge in [-0.05, 0) is 68.7 Å². The maximum absolute atomic E-state index is 13.3. The smallest absolute Gasteiger partial charge is 0.251 e. The van der Waals surface area contributed by atoms with Crippen molar-refractivity contribution in [2.75, 3.05) is 26.2 Å². The van der Waals surface area contributed by atoms with Gasteiger partial charge in [0.1, 0.15) is 0 Å². The predicted octanol–water partition coefficient (Wildman–Crippen LogP) is 3.42. The molecule has 200 valence electrons. The molecule has 8 heteroatoms. The molecule has 3 fully saturated rings. The van der Waals surface area contributed by atoms with Crippen molar-refractivity contribution in [2.45, 2.75) is 89.8 Å². The number of hydrogen-bond acceptors (Lipinski definition) is 5. The van der Waals surface area contributed by atoms with E-state index in [9.17, 15) is 9.59 Å². The summed E-state index contributed by atoms with van der Waals surface area (Å²) in [4.78, 5) is 26.5. The maximum atomic E-state index is 13.3. The van der Waals surface area contributed by atoms with Gasteiger partial charge >= 0.3 is 0 Å². The van der Waals surface area contributed by atoms with Gasteiger partial charge in [0, 0.05) is 42.2 Å². The van der Waals surface area contributed by atoms with E-state index in [0.717, 1.165) is 50.9 Å². The Hall–Kier alpha value is -1.67. The van der Waals surface area contributed by atoms with Crippen molar-refractivity contribution in [3.63, 3.8) is 0 Å². The Kier molecular flexibility index (Phi) is 9.67. The Morgan fingerprint density at radius 2 is 1.83 bits per heavy atom. The summed E-state index contributed by atoms with van der Waals surface area (Å²) < 4.78 is 0. The van der Waals surface area contributed by atoms with E-state index in [2.05, 4.69) is 35.2 Å². The highest BCUT2D eigenvalue weighted by Crippen LogP contribution is 2.38. The molecule has 0 bridgehead atoms. The van der Waals surface area contributed by atoms with Gasteiger partial charge in [-0.2, -0.15) is 0 Å². The van der Waals surface area contributed by atoms with Gasteiger partial charge in [0.25, 0.3) is 5.91 Å². The Bertz CT molecular complexity index is 865. The zero-order chi connectivity index (χ0) is 25.5. The fourth-order valence-corrected chi connectivity index (χ4v) is 6.05. The van der Waals surface area contributed by atoms with Crippen LogP contribution in [-0.4, -0.2) is 61.1 Å². The fraction of sp³-hybridized carbons (Fsp3) is 0.714. The van der Waals surface area contributed by atoms with E-state index in [1.807, 2.05) is 29.3 Å². The zero-order valence-corrected chi connectivity index (χ0v) is 22.7. The second-order valence-corrected chi connectivity index (χ2v) is 12.0. The van der Waals surface area contributed by atoms with E-state index in [0.29, 0.717) is 29.9 Å². The van der Waals surface area contributed by atoms with Gasteiger partial charge in [-0.3, -0.25) is 15.0 Å². The number of nitrogens with one attached hydrogen (secondary N) is 4. The molecule has 3 atom stereocenters. The molecule has 2 saturated heterocycles. The van der Waals surface area contributed by atoms with Crippen LogP contribution in [0.1, 0.15) is 70.8 Å². The number of nitrogens with zero attached hydrogens (tertiary/aromatic N) is 1. The maximum Gasteiger partial charge on any atom is 0.251 e. The van der Waals surface area contributed by atoms with Crippen molar-refractivity contribution in [1.82, 2.24) is 26.4 Å². The van der Waals surface area contributed by atoms with Crippen LogP contribution in [0.3, 0.4) is 0 Å². The van der Waals surface area contributed by atoms with Gasteiger partial charge in [-0.1, -0.05) is 56.8 Å². The molecule has 2 aliphatic heterocycles. The van der Waals surface area contributed by atoms with Gasteiger partial charge in [0.15, 0.2) is 0 Å². The Morgan fingerprint density at radius 3 is 2.53 bits per heavy atom. The predicted molar refractivity (Wildman–Crippen MR) is 145 cm³/mol. The van der Waals surface area contributed by atoms with Crippen LogP contribution in [0.15, 0.2) is 24.3 Å². The lowest BCUT2D eigenvalue weighted by molar-refractivity contribution is -0.133. The largest absolute Gasteiger partial charge is 0.351 e. The van der Waals surface area contributed by atoms with Crippen LogP contribution in [0.4, 0.5) is 0 Å². The Balaban J connectivity index is 1.29. The molecule has 36 heavy (non-hydrogen) atoms. The van der Waals surface area contributed by atoms with Crippen LogP contribution < -0.4 is 21.4 Å². The van der Waals surface area contributed by atoms with E-state index in [4.69, 9.17) is 11.6 Å².